The van der Waals surface area contributed by atoms with Gasteiger partial charge in [0.25, 0.3) is 0 Å². The second kappa shape index (κ2) is 4.76. The smallest absolute Gasteiger partial charge is 0.306 e. The summed E-state index contributed by atoms with van der Waals surface area (Å²) in [7, 11) is 0. The molecule has 16 heavy (non-hydrogen) atoms. The van der Waals surface area contributed by atoms with Crippen LogP contribution >= 0.6 is 0 Å². The summed E-state index contributed by atoms with van der Waals surface area (Å²) in [6, 6.07) is 0. The Morgan fingerprint density at radius 2 is 1.81 bits per heavy atom. The number of Topliss-reactive ketones (excluding diaryl/α,β-unsaturated/α-hetero) is 2. The maximum Gasteiger partial charge on any atom is 0.306 e. The van der Waals surface area contributed by atoms with Gasteiger partial charge in [-0.2, -0.15) is 0 Å². The number of carbonyl (C=O) groups is 3. The molecule has 0 aromatic carbocycles. The molecule has 0 atom stereocenters. The van der Waals surface area contributed by atoms with E-state index in [2.05, 4.69) is 0 Å². The molecule has 4 heteroatoms. The predicted octanol–water partition coefficient (Wildman–Crippen LogP) is 1.66. The van der Waals surface area contributed by atoms with E-state index in [-0.39, 0.29) is 23.4 Å². The molecule has 0 amide bonds. The molecular weight excluding hydrogens is 208 g/mol. The number of esters is 1. The monoisotopic (exact) mass is 226 g/mol. The molecule has 0 N–H and O–H groups in total. The lowest BCUT2D eigenvalue weighted by Gasteiger charge is -2.31. The molecule has 0 heterocycles. The van der Waals surface area contributed by atoms with Crippen molar-refractivity contribution in [3.63, 3.8) is 0 Å². The Kier molecular flexibility index (Phi) is 3.83. The number of rotatable bonds is 3. The van der Waals surface area contributed by atoms with Gasteiger partial charge in [-0.15, -0.1) is 0 Å². The zero-order valence-electron chi connectivity index (χ0n) is 10.0. The third kappa shape index (κ3) is 3.15. The van der Waals surface area contributed by atoms with Gasteiger partial charge in [-0.3, -0.25) is 14.4 Å². The molecule has 0 aromatic rings. The van der Waals surface area contributed by atoms with Crippen molar-refractivity contribution in [2.45, 2.75) is 52.6 Å². The molecular formula is C12H18O4. The van der Waals surface area contributed by atoms with Crippen LogP contribution in [0.4, 0.5) is 0 Å². The first-order valence-electron chi connectivity index (χ1n) is 5.60. The van der Waals surface area contributed by atoms with Gasteiger partial charge in [0.2, 0.25) is 6.10 Å². The second-order valence-electron chi connectivity index (χ2n) is 5.07. The number of hydrogen-bond donors (Lipinski definition) is 0. The first kappa shape index (κ1) is 12.9. The van der Waals surface area contributed by atoms with Crippen molar-refractivity contribution in [1.82, 2.24) is 0 Å². The van der Waals surface area contributed by atoms with E-state index in [1.807, 2.05) is 20.8 Å². The Morgan fingerprint density at radius 3 is 2.25 bits per heavy atom. The van der Waals surface area contributed by atoms with Gasteiger partial charge < -0.3 is 4.74 Å². The highest BCUT2D eigenvalue weighted by atomic mass is 16.5. The highest BCUT2D eigenvalue weighted by Gasteiger charge is 2.41. The quantitative estimate of drug-likeness (QED) is 0.542. The number of carbonyl (C=O) groups excluding carboxylic acids is 3. The predicted molar refractivity (Wildman–Crippen MR) is 57.8 cm³/mol. The van der Waals surface area contributed by atoms with Crippen molar-refractivity contribution in [3.05, 3.63) is 0 Å². The van der Waals surface area contributed by atoms with Crippen molar-refractivity contribution in [3.8, 4) is 0 Å². The van der Waals surface area contributed by atoms with Crippen LogP contribution in [-0.4, -0.2) is 23.6 Å². The minimum absolute atomic E-state index is 0.250. The van der Waals surface area contributed by atoms with Crippen LogP contribution in [0.5, 0.6) is 0 Å². The van der Waals surface area contributed by atoms with Gasteiger partial charge in [0.05, 0.1) is 0 Å². The van der Waals surface area contributed by atoms with E-state index in [9.17, 15) is 14.4 Å². The molecule has 0 bridgehead atoms. The van der Waals surface area contributed by atoms with Crippen molar-refractivity contribution >= 4 is 17.5 Å². The van der Waals surface area contributed by atoms with Gasteiger partial charge >= 0.3 is 5.97 Å². The van der Waals surface area contributed by atoms with Crippen LogP contribution in [0, 0.1) is 5.41 Å². The van der Waals surface area contributed by atoms with Crippen LogP contribution in [0.2, 0.25) is 0 Å². The Balaban J connectivity index is 2.65. The van der Waals surface area contributed by atoms with E-state index >= 15 is 0 Å². The molecule has 0 aliphatic heterocycles. The average molecular weight is 226 g/mol. The summed E-state index contributed by atoms with van der Waals surface area (Å²) in [6.07, 6.45) is 0.345. The molecule has 90 valence electrons. The largest absolute Gasteiger partial charge is 0.446 e. The molecule has 4 nitrogen and oxygen atoms in total. The Hall–Kier alpha value is -1.19. The third-order valence-electron chi connectivity index (χ3n) is 2.59. The summed E-state index contributed by atoms with van der Waals surface area (Å²) in [6.45, 7) is 5.58. The van der Waals surface area contributed by atoms with Crippen molar-refractivity contribution in [2.75, 3.05) is 0 Å². The second-order valence-corrected chi connectivity index (χ2v) is 5.07. The van der Waals surface area contributed by atoms with Crippen LogP contribution in [0.15, 0.2) is 0 Å². The van der Waals surface area contributed by atoms with Gasteiger partial charge in [0.1, 0.15) is 0 Å². The van der Waals surface area contributed by atoms with Crippen molar-refractivity contribution < 1.29 is 19.1 Å². The fourth-order valence-corrected chi connectivity index (χ4v) is 1.90. The van der Waals surface area contributed by atoms with Gasteiger partial charge in [-0.25, -0.2) is 0 Å². The van der Waals surface area contributed by atoms with E-state index in [1.165, 1.54) is 0 Å². The van der Waals surface area contributed by atoms with Crippen molar-refractivity contribution in [1.29, 1.82) is 0 Å². The fourth-order valence-electron chi connectivity index (χ4n) is 1.90. The maximum absolute atomic E-state index is 11.7. The summed E-state index contributed by atoms with van der Waals surface area (Å²) < 4.78 is 4.91. The van der Waals surface area contributed by atoms with Gasteiger partial charge in [-0.1, -0.05) is 20.8 Å². The zero-order valence-corrected chi connectivity index (χ0v) is 10.0. The maximum atomic E-state index is 11.7. The molecule has 0 saturated heterocycles. The first-order valence-corrected chi connectivity index (χ1v) is 5.60. The lowest BCUT2D eigenvalue weighted by Crippen LogP contribution is -2.44. The lowest BCUT2D eigenvalue weighted by molar-refractivity contribution is -0.164. The van der Waals surface area contributed by atoms with Crippen LogP contribution < -0.4 is 0 Å². The molecule has 1 aliphatic rings. The van der Waals surface area contributed by atoms with E-state index in [0.29, 0.717) is 19.3 Å². The Morgan fingerprint density at radius 1 is 1.31 bits per heavy atom. The number of hydrogen-bond acceptors (Lipinski definition) is 4. The van der Waals surface area contributed by atoms with Crippen LogP contribution in [0.1, 0.15) is 46.5 Å². The molecule has 1 rings (SSSR count). The highest BCUT2D eigenvalue weighted by molar-refractivity contribution is 6.09. The van der Waals surface area contributed by atoms with E-state index < -0.39 is 12.1 Å². The molecule has 1 saturated carbocycles. The molecule has 1 fully saturated rings. The van der Waals surface area contributed by atoms with E-state index in [1.54, 1.807) is 0 Å². The van der Waals surface area contributed by atoms with Gasteiger partial charge in [-0.05, 0) is 11.8 Å². The summed E-state index contributed by atoms with van der Waals surface area (Å²) in [4.78, 5) is 34.6. The number of ketones is 2. The average Bonchev–Trinajstić information content (AvgIpc) is 2.10. The minimum Gasteiger partial charge on any atom is -0.446 e. The fraction of sp³-hybridized carbons (Fsp3) is 0.750. The molecule has 0 radical (unpaired) electrons. The first-order chi connectivity index (χ1) is 7.35. The lowest BCUT2D eigenvalue weighted by atomic mass is 9.75. The summed E-state index contributed by atoms with van der Waals surface area (Å²) in [5.74, 6) is -1.01. The molecule has 0 aromatic heterocycles. The molecule has 1 aliphatic carbocycles. The topological polar surface area (TPSA) is 60.4 Å². The van der Waals surface area contributed by atoms with E-state index in [4.69, 9.17) is 4.74 Å². The van der Waals surface area contributed by atoms with E-state index in [0.717, 1.165) is 0 Å². The normalized spacial score (nSPS) is 20.9. The van der Waals surface area contributed by atoms with Gasteiger partial charge in [0.15, 0.2) is 11.6 Å². The number of ether oxygens (including phenoxy) is 1. The highest BCUT2D eigenvalue weighted by Crippen LogP contribution is 2.32. The van der Waals surface area contributed by atoms with Crippen LogP contribution in [0.3, 0.4) is 0 Å². The van der Waals surface area contributed by atoms with Crippen LogP contribution in [0.25, 0.3) is 0 Å². The zero-order chi connectivity index (χ0) is 12.3. The molecule has 0 unspecified atom stereocenters. The van der Waals surface area contributed by atoms with Crippen molar-refractivity contribution in [2.24, 2.45) is 5.41 Å². The minimum atomic E-state index is -1.15. The standard InChI is InChI=1S/C12H18O4/c1-4-5-10(15)16-11-8(13)6-12(2,3)7-9(11)14/h11H,4-7H2,1-3H3. The molecule has 0 spiro atoms. The summed E-state index contributed by atoms with van der Waals surface area (Å²) >= 11 is 0. The Labute approximate surface area is 95.3 Å². The third-order valence-corrected chi connectivity index (χ3v) is 2.59. The van der Waals surface area contributed by atoms with Crippen LogP contribution in [-0.2, 0) is 19.1 Å². The SMILES string of the molecule is CCCC(=O)OC1C(=O)CC(C)(C)CC1=O. The summed E-state index contributed by atoms with van der Waals surface area (Å²) in [5.41, 5.74) is -0.304. The summed E-state index contributed by atoms with van der Waals surface area (Å²) in [5, 5.41) is 0. The van der Waals surface area contributed by atoms with Gasteiger partial charge in [0, 0.05) is 19.3 Å². The Bertz CT molecular complexity index is 297.